The van der Waals surface area contributed by atoms with Crippen LogP contribution in [0.4, 0.5) is 0 Å². The molecule has 1 aromatic rings. The second-order valence-electron chi connectivity index (χ2n) is 5.18. The third-order valence-electron chi connectivity index (χ3n) is 3.60. The number of carbonyl (C=O) groups excluding carboxylic acids is 1. The average molecular weight is 246 g/mol. The summed E-state index contributed by atoms with van der Waals surface area (Å²) in [4.78, 5) is 12.1. The van der Waals surface area contributed by atoms with Crippen molar-refractivity contribution in [3.8, 4) is 0 Å². The molecule has 2 rings (SSSR count). The Morgan fingerprint density at radius 2 is 2.06 bits per heavy atom. The fourth-order valence-corrected chi connectivity index (χ4v) is 2.19. The van der Waals surface area contributed by atoms with Gasteiger partial charge in [0, 0.05) is 6.04 Å². The SMILES string of the molecule is CCC(CC1CC1)NC(=O)[C@@H](N)c1ccccc1. The van der Waals surface area contributed by atoms with Crippen molar-refractivity contribution in [1.82, 2.24) is 5.32 Å². The molecular formula is C15H22N2O. The normalized spacial score (nSPS) is 18.1. The summed E-state index contributed by atoms with van der Waals surface area (Å²) in [5.74, 6) is 0.761. The second kappa shape index (κ2) is 6.01. The second-order valence-corrected chi connectivity index (χ2v) is 5.18. The summed E-state index contributed by atoms with van der Waals surface area (Å²) in [6.07, 6.45) is 4.71. The van der Waals surface area contributed by atoms with E-state index in [-0.39, 0.29) is 11.9 Å². The fourth-order valence-electron chi connectivity index (χ4n) is 2.19. The van der Waals surface area contributed by atoms with E-state index in [4.69, 9.17) is 5.73 Å². The lowest BCUT2D eigenvalue weighted by Crippen LogP contribution is -2.40. The predicted molar refractivity (Wildman–Crippen MR) is 72.9 cm³/mol. The summed E-state index contributed by atoms with van der Waals surface area (Å²) in [6.45, 7) is 2.11. The Bertz CT molecular complexity index is 387. The van der Waals surface area contributed by atoms with Crippen LogP contribution in [0, 0.1) is 5.92 Å². The highest BCUT2D eigenvalue weighted by molar-refractivity contribution is 5.83. The number of rotatable bonds is 6. The quantitative estimate of drug-likeness (QED) is 0.809. The van der Waals surface area contributed by atoms with Gasteiger partial charge in [0.1, 0.15) is 6.04 Å². The van der Waals surface area contributed by atoms with Crippen molar-refractivity contribution in [2.24, 2.45) is 11.7 Å². The number of hydrogen-bond acceptors (Lipinski definition) is 2. The van der Waals surface area contributed by atoms with E-state index in [1.165, 1.54) is 12.8 Å². The number of benzene rings is 1. The summed E-state index contributed by atoms with van der Waals surface area (Å²) in [6, 6.07) is 9.25. The standard InChI is InChI=1S/C15H22N2O/c1-2-13(10-11-8-9-11)17-15(18)14(16)12-6-4-3-5-7-12/h3-7,11,13-14H,2,8-10,16H2,1H3,(H,17,18)/t13?,14-/m0/s1. The van der Waals surface area contributed by atoms with Gasteiger partial charge < -0.3 is 11.1 Å². The highest BCUT2D eigenvalue weighted by atomic mass is 16.2. The van der Waals surface area contributed by atoms with Crippen molar-refractivity contribution in [1.29, 1.82) is 0 Å². The van der Waals surface area contributed by atoms with Crippen LogP contribution in [0.2, 0.25) is 0 Å². The number of nitrogens with one attached hydrogen (secondary N) is 1. The van der Waals surface area contributed by atoms with Gasteiger partial charge in [-0.25, -0.2) is 0 Å². The molecular weight excluding hydrogens is 224 g/mol. The largest absolute Gasteiger partial charge is 0.352 e. The molecule has 98 valence electrons. The lowest BCUT2D eigenvalue weighted by molar-refractivity contribution is -0.123. The molecule has 3 N–H and O–H groups in total. The Kier molecular flexibility index (Phi) is 4.37. The van der Waals surface area contributed by atoms with Crippen LogP contribution < -0.4 is 11.1 Å². The molecule has 0 spiro atoms. The molecule has 1 aromatic carbocycles. The minimum atomic E-state index is -0.556. The zero-order valence-corrected chi connectivity index (χ0v) is 10.9. The first-order chi connectivity index (χ1) is 8.70. The Hall–Kier alpha value is -1.35. The van der Waals surface area contributed by atoms with Crippen LogP contribution in [-0.2, 0) is 4.79 Å². The molecule has 0 aliphatic heterocycles. The average Bonchev–Trinajstić information content (AvgIpc) is 3.22. The molecule has 0 radical (unpaired) electrons. The summed E-state index contributed by atoms with van der Waals surface area (Å²) >= 11 is 0. The van der Waals surface area contributed by atoms with Gasteiger partial charge in [0.2, 0.25) is 5.91 Å². The Labute approximate surface area is 109 Å². The number of hydrogen-bond donors (Lipinski definition) is 2. The van der Waals surface area contributed by atoms with Crippen molar-refractivity contribution in [2.75, 3.05) is 0 Å². The van der Waals surface area contributed by atoms with E-state index in [2.05, 4.69) is 12.2 Å². The highest BCUT2D eigenvalue weighted by Gasteiger charge is 2.26. The number of carbonyl (C=O) groups is 1. The maximum absolute atomic E-state index is 12.1. The molecule has 1 amide bonds. The van der Waals surface area contributed by atoms with E-state index in [1.807, 2.05) is 30.3 Å². The number of nitrogens with two attached hydrogens (primary N) is 1. The van der Waals surface area contributed by atoms with Crippen LogP contribution in [-0.4, -0.2) is 11.9 Å². The zero-order valence-electron chi connectivity index (χ0n) is 10.9. The third kappa shape index (κ3) is 3.57. The van der Waals surface area contributed by atoms with Crippen molar-refractivity contribution >= 4 is 5.91 Å². The van der Waals surface area contributed by atoms with Crippen LogP contribution in [0.15, 0.2) is 30.3 Å². The Balaban J connectivity index is 1.89. The molecule has 0 saturated heterocycles. The molecule has 1 saturated carbocycles. The maximum atomic E-state index is 12.1. The van der Waals surface area contributed by atoms with E-state index in [0.717, 1.165) is 24.3 Å². The first kappa shape index (κ1) is 13.1. The van der Waals surface area contributed by atoms with Gasteiger partial charge in [0.05, 0.1) is 0 Å². The van der Waals surface area contributed by atoms with Crippen molar-refractivity contribution < 1.29 is 4.79 Å². The predicted octanol–water partition coefficient (Wildman–Crippen LogP) is 2.38. The van der Waals surface area contributed by atoms with Gasteiger partial charge in [0.15, 0.2) is 0 Å². The molecule has 0 bridgehead atoms. The first-order valence-corrected chi connectivity index (χ1v) is 6.81. The molecule has 3 nitrogen and oxygen atoms in total. The van der Waals surface area contributed by atoms with Crippen molar-refractivity contribution in [2.45, 2.75) is 44.7 Å². The van der Waals surface area contributed by atoms with Crippen LogP contribution in [0.1, 0.15) is 44.2 Å². The summed E-state index contributed by atoms with van der Waals surface area (Å²) < 4.78 is 0. The van der Waals surface area contributed by atoms with Gasteiger partial charge >= 0.3 is 0 Å². The fraction of sp³-hybridized carbons (Fsp3) is 0.533. The molecule has 18 heavy (non-hydrogen) atoms. The van der Waals surface area contributed by atoms with E-state index in [1.54, 1.807) is 0 Å². The summed E-state index contributed by atoms with van der Waals surface area (Å²) in [7, 11) is 0. The Morgan fingerprint density at radius 1 is 1.39 bits per heavy atom. The Morgan fingerprint density at radius 3 is 2.61 bits per heavy atom. The van der Waals surface area contributed by atoms with Crippen LogP contribution >= 0.6 is 0 Å². The monoisotopic (exact) mass is 246 g/mol. The topological polar surface area (TPSA) is 55.1 Å². The van der Waals surface area contributed by atoms with E-state index in [0.29, 0.717) is 0 Å². The van der Waals surface area contributed by atoms with E-state index < -0.39 is 6.04 Å². The minimum Gasteiger partial charge on any atom is -0.352 e. The molecule has 0 aromatic heterocycles. The van der Waals surface area contributed by atoms with Crippen molar-refractivity contribution in [3.63, 3.8) is 0 Å². The third-order valence-corrected chi connectivity index (χ3v) is 3.60. The van der Waals surface area contributed by atoms with Gasteiger partial charge in [-0.15, -0.1) is 0 Å². The molecule has 1 aliphatic rings. The molecule has 1 fully saturated rings. The van der Waals surface area contributed by atoms with E-state index >= 15 is 0 Å². The zero-order chi connectivity index (χ0) is 13.0. The molecule has 3 heteroatoms. The van der Waals surface area contributed by atoms with Gasteiger partial charge in [-0.1, -0.05) is 50.1 Å². The lowest BCUT2D eigenvalue weighted by Gasteiger charge is -2.19. The van der Waals surface area contributed by atoms with Gasteiger partial charge in [-0.3, -0.25) is 4.79 Å². The van der Waals surface area contributed by atoms with Gasteiger partial charge in [0.25, 0.3) is 0 Å². The van der Waals surface area contributed by atoms with Crippen LogP contribution in [0.5, 0.6) is 0 Å². The lowest BCUT2D eigenvalue weighted by atomic mass is 10.0. The number of amides is 1. The molecule has 0 heterocycles. The van der Waals surface area contributed by atoms with Crippen LogP contribution in [0.3, 0.4) is 0 Å². The van der Waals surface area contributed by atoms with Gasteiger partial charge in [-0.05, 0) is 24.3 Å². The summed E-state index contributed by atoms with van der Waals surface area (Å²) in [5.41, 5.74) is 6.85. The van der Waals surface area contributed by atoms with Gasteiger partial charge in [-0.2, -0.15) is 0 Å². The first-order valence-electron chi connectivity index (χ1n) is 6.81. The highest BCUT2D eigenvalue weighted by Crippen LogP contribution is 2.34. The van der Waals surface area contributed by atoms with Crippen molar-refractivity contribution in [3.05, 3.63) is 35.9 Å². The molecule has 1 aliphatic carbocycles. The van der Waals surface area contributed by atoms with E-state index in [9.17, 15) is 4.79 Å². The minimum absolute atomic E-state index is 0.0614. The smallest absolute Gasteiger partial charge is 0.241 e. The molecule has 1 unspecified atom stereocenters. The summed E-state index contributed by atoms with van der Waals surface area (Å²) in [5, 5.41) is 3.07. The van der Waals surface area contributed by atoms with Crippen LogP contribution in [0.25, 0.3) is 0 Å². The maximum Gasteiger partial charge on any atom is 0.241 e. The molecule has 2 atom stereocenters.